The van der Waals surface area contributed by atoms with Crippen LogP contribution in [0, 0.1) is 11.3 Å². The second-order valence-corrected chi connectivity index (χ2v) is 4.86. The number of nitrogen functional groups attached to an aromatic ring is 1. The zero-order chi connectivity index (χ0) is 14.6. The predicted octanol–water partition coefficient (Wildman–Crippen LogP) is 2.46. The second-order valence-electron chi connectivity index (χ2n) is 4.86. The van der Waals surface area contributed by atoms with Crippen LogP contribution in [0.5, 0.6) is 0 Å². The van der Waals surface area contributed by atoms with Gasteiger partial charge in [-0.05, 0) is 24.6 Å². The maximum Gasteiger partial charge on any atom is 0.101 e. The molecule has 2 aromatic rings. The molecule has 0 bridgehead atoms. The number of anilines is 2. The third-order valence-electron chi connectivity index (χ3n) is 3.36. The van der Waals surface area contributed by atoms with E-state index in [-0.39, 0.29) is 6.61 Å². The Labute approximate surface area is 118 Å². The molecule has 0 heterocycles. The van der Waals surface area contributed by atoms with Crippen molar-refractivity contribution in [3.05, 3.63) is 59.7 Å². The normalized spacial score (nSPS) is 13.2. The van der Waals surface area contributed by atoms with Crippen LogP contribution in [0.4, 0.5) is 11.4 Å². The molecule has 0 spiro atoms. The Bertz CT molecular complexity index is 634. The van der Waals surface area contributed by atoms with E-state index in [9.17, 15) is 5.11 Å². The van der Waals surface area contributed by atoms with Crippen LogP contribution >= 0.6 is 0 Å². The fourth-order valence-corrected chi connectivity index (χ4v) is 2.08. The Morgan fingerprint density at radius 2 is 1.90 bits per heavy atom. The van der Waals surface area contributed by atoms with E-state index in [1.165, 1.54) is 0 Å². The van der Waals surface area contributed by atoms with Gasteiger partial charge in [-0.3, -0.25) is 0 Å². The highest BCUT2D eigenvalue weighted by Gasteiger charge is 2.26. The minimum atomic E-state index is -0.663. The number of aliphatic hydroxyl groups is 1. The largest absolute Gasteiger partial charge is 0.396 e. The highest BCUT2D eigenvalue weighted by atomic mass is 16.3. The van der Waals surface area contributed by atoms with E-state index in [0.717, 1.165) is 5.56 Å². The zero-order valence-electron chi connectivity index (χ0n) is 11.3. The second kappa shape index (κ2) is 5.64. The molecular formula is C16H17N3O. The van der Waals surface area contributed by atoms with Gasteiger partial charge in [0, 0.05) is 0 Å². The minimum absolute atomic E-state index is 0.0900. The smallest absolute Gasteiger partial charge is 0.101 e. The molecule has 20 heavy (non-hydrogen) atoms. The fraction of sp³-hybridized carbons (Fsp3) is 0.188. The molecule has 0 aliphatic rings. The first-order valence-corrected chi connectivity index (χ1v) is 6.34. The summed E-state index contributed by atoms with van der Waals surface area (Å²) in [7, 11) is 0. The summed E-state index contributed by atoms with van der Waals surface area (Å²) in [5, 5.41) is 22.0. The molecule has 0 saturated heterocycles. The standard InChI is InChI=1S/C16H17N3O/c1-16(11-20,13-7-3-2-4-8-13)19-14-9-5-6-12(10-17)15(14)18/h2-9,19-20H,11,18H2,1H3. The predicted molar refractivity (Wildman–Crippen MR) is 80.1 cm³/mol. The van der Waals surface area contributed by atoms with E-state index in [4.69, 9.17) is 11.0 Å². The lowest BCUT2D eigenvalue weighted by Crippen LogP contribution is -2.36. The van der Waals surface area contributed by atoms with Gasteiger partial charge in [0.15, 0.2) is 0 Å². The lowest BCUT2D eigenvalue weighted by molar-refractivity contribution is 0.224. The van der Waals surface area contributed by atoms with Gasteiger partial charge in [-0.1, -0.05) is 36.4 Å². The molecule has 0 saturated carbocycles. The van der Waals surface area contributed by atoms with Crippen LogP contribution in [0.3, 0.4) is 0 Å². The van der Waals surface area contributed by atoms with Gasteiger partial charge in [-0.2, -0.15) is 5.26 Å². The third-order valence-corrected chi connectivity index (χ3v) is 3.36. The van der Waals surface area contributed by atoms with Crippen LogP contribution in [0.25, 0.3) is 0 Å². The van der Waals surface area contributed by atoms with E-state index < -0.39 is 5.54 Å². The van der Waals surface area contributed by atoms with Crippen molar-refractivity contribution in [3.8, 4) is 6.07 Å². The first-order chi connectivity index (χ1) is 9.60. The van der Waals surface area contributed by atoms with Crippen LogP contribution in [-0.2, 0) is 5.54 Å². The van der Waals surface area contributed by atoms with Crippen molar-refractivity contribution in [2.24, 2.45) is 0 Å². The molecule has 2 rings (SSSR count). The van der Waals surface area contributed by atoms with Crippen molar-refractivity contribution in [2.75, 3.05) is 17.7 Å². The van der Waals surface area contributed by atoms with E-state index >= 15 is 0 Å². The monoisotopic (exact) mass is 267 g/mol. The average molecular weight is 267 g/mol. The van der Waals surface area contributed by atoms with Gasteiger partial charge in [0.05, 0.1) is 29.1 Å². The van der Waals surface area contributed by atoms with Crippen LogP contribution < -0.4 is 11.1 Å². The summed E-state index contributed by atoms with van der Waals surface area (Å²) in [5.41, 5.74) is 7.71. The molecule has 2 aromatic carbocycles. The van der Waals surface area contributed by atoms with Crippen LogP contribution in [0.1, 0.15) is 18.1 Å². The van der Waals surface area contributed by atoms with Crippen LogP contribution in [0.15, 0.2) is 48.5 Å². The van der Waals surface area contributed by atoms with Crippen LogP contribution in [0.2, 0.25) is 0 Å². The number of hydrogen-bond acceptors (Lipinski definition) is 4. The van der Waals surface area contributed by atoms with Gasteiger partial charge in [-0.15, -0.1) is 0 Å². The fourth-order valence-electron chi connectivity index (χ4n) is 2.08. The van der Waals surface area contributed by atoms with E-state index in [1.807, 2.05) is 37.3 Å². The molecule has 0 radical (unpaired) electrons. The average Bonchev–Trinajstić information content (AvgIpc) is 2.50. The summed E-state index contributed by atoms with van der Waals surface area (Å²) in [5.74, 6) is 0. The minimum Gasteiger partial charge on any atom is -0.396 e. The summed E-state index contributed by atoms with van der Waals surface area (Å²) < 4.78 is 0. The summed E-state index contributed by atoms with van der Waals surface area (Å²) >= 11 is 0. The van der Waals surface area contributed by atoms with Crippen LogP contribution in [-0.4, -0.2) is 11.7 Å². The topological polar surface area (TPSA) is 82.1 Å². The van der Waals surface area contributed by atoms with Crippen molar-refractivity contribution in [1.82, 2.24) is 0 Å². The molecule has 0 amide bonds. The molecule has 4 heteroatoms. The first kappa shape index (κ1) is 13.9. The van der Waals surface area contributed by atoms with Crippen molar-refractivity contribution in [2.45, 2.75) is 12.5 Å². The number of benzene rings is 2. The van der Waals surface area contributed by atoms with Gasteiger partial charge in [0.1, 0.15) is 6.07 Å². The maximum atomic E-state index is 9.75. The molecule has 1 unspecified atom stereocenters. The summed E-state index contributed by atoms with van der Waals surface area (Å²) in [4.78, 5) is 0. The lowest BCUT2D eigenvalue weighted by atomic mass is 9.92. The Morgan fingerprint density at radius 1 is 1.20 bits per heavy atom. The number of nitrogens with zero attached hydrogens (tertiary/aromatic N) is 1. The van der Waals surface area contributed by atoms with Crippen molar-refractivity contribution < 1.29 is 5.11 Å². The zero-order valence-corrected chi connectivity index (χ0v) is 11.3. The number of rotatable bonds is 4. The molecule has 102 valence electrons. The van der Waals surface area contributed by atoms with E-state index in [0.29, 0.717) is 16.9 Å². The Balaban J connectivity index is 2.39. The Kier molecular flexibility index (Phi) is 3.92. The molecule has 0 aliphatic carbocycles. The molecular weight excluding hydrogens is 250 g/mol. The van der Waals surface area contributed by atoms with Crippen molar-refractivity contribution >= 4 is 11.4 Å². The highest BCUT2D eigenvalue weighted by Crippen LogP contribution is 2.30. The lowest BCUT2D eigenvalue weighted by Gasteiger charge is -2.31. The summed E-state index contributed by atoms with van der Waals surface area (Å²) in [6.45, 7) is 1.80. The molecule has 0 aliphatic heterocycles. The van der Waals surface area contributed by atoms with Gasteiger partial charge in [-0.25, -0.2) is 0 Å². The van der Waals surface area contributed by atoms with Crippen molar-refractivity contribution in [1.29, 1.82) is 5.26 Å². The number of nitrogens with two attached hydrogens (primary N) is 1. The number of nitriles is 1. The Morgan fingerprint density at radius 3 is 2.50 bits per heavy atom. The van der Waals surface area contributed by atoms with Gasteiger partial charge >= 0.3 is 0 Å². The highest BCUT2D eigenvalue weighted by molar-refractivity contribution is 5.73. The molecule has 0 aromatic heterocycles. The molecule has 1 atom stereocenters. The SMILES string of the molecule is CC(CO)(Nc1cccc(C#N)c1N)c1ccccc1. The molecule has 4 nitrogen and oxygen atoms in total. The molecule has 4 N–H and O–H groups in total. The van der Waals surface area contributed by atoms with Crippen molar-refractivity contribution in [3.63, 3.8) is 0 Å². The number of nitrogens with one attached hydrogen (secondary N) is 1. The number of para-hydroxylation sites is 1. The van der Waals surface area contributed by atoms with E-state index in [2.05, 4.69) is 11.4 Å². The van der Waals surface area contributed by atoms with Gasteiger partial charge < -0.3 is 16.2 Å². The third kappa shape index (κ3) is 2.58. The summed E-state index contributed by atoms with van der Waals surface area (Å²) in [6, 6.07) is 16.9. The van der Waals surface area contributed by atoms with Gasteiger partial charge in [0.25, 0.3) is 0 Å². The van der Waals surface area contributed by atoms with Gasteiger partial charge in [0.2, 0.25) is 0 Å². The number of hydrogen-bond donors (Lipinski definition) is 3. The van der Waals surface area contributed by atoms with E-state index in [1.54, 1.807) is 18.2 Å². The quantitative estimate of drug-likeness (QED) is 0.743. The molecule has 0 fully saturated rings. The summed E-state index contributed by atoms with van der Waals surface area (Å²) in [6.07, 6.45) is 0. The maximum absolute atomic E-state index is 9.75. The number of aliphatic hydroxyl groups excluding tert-OH is 1. The Hall–Kier alpha value is -2.51. The first-order valence-electron chi connectivity index (χ1n) is 6.34.